The molecule has 4 nitrogen and oxygen atoms in total. The molecule has 1 aliphatic rings. The predicted octanol–water partition coefficient (Wildman–Crippen LogP) is 0.975. The quantitative estimate of drug-likeness (QED) is 0.698. The van der Waals surface area contributed by atoms with Crippen LogP contribution in [0, 0.1) is 0 Å². The fraction of sp³-hybridized carbons (Fsp3) is 0.923. The first kappa shape index (κ1) is 14.5. The third-order valence-corrected chi connectivity index (χ3v) is 3.59. The van der Waals surface area contributed by atoms with Crippen LogP contribution in [0.4, 0.5) is 0 Å². The Kier molecular flexibility index (Phi) is 6.52. The molecule has 1 aliphatic heterocycles. The van der Waals surface area contributed by atoms with Gasteiger partial charge in [0.2, 0.25) is 5.91 Å². The average molecular weight is 241 g/mol. The molecule has 17 heavy (non-hydrogen) atoms. The predicted molar refractivity (Wildman–Crippen MR) is 71.0 cm³/mol. The van der Waals surface area contributed by atoms with Crippen molar-refractivity contribution in [3.05, 3.63) is 0 Å². The standard InChI is InChI=1S/C13H27N3O/c1-4-11(3)15-13(17)10-14-9-12-7-6-8-16(12)5-2/h11-12,14H,4-10H2,1-3H3,(H,15,17). The highest BCUT2D eigenvalue weighted by atomic mass is 16.1. The van der Waals surface area contributed by atoms with Crippen molar-refractivity contribution in [2.24, 2.45) is 0 Å². The van der Waals surface area contributed by atoms with E-state index in [1.807, 2.05) is 6.92 Å². The molecule has 100 valence electrons. The van der Waals surface area contributed by atoms with Crippen molar-refractivity contribution >= 4 is 5.91 Å². The van der Waals surface area contributed by atoms with Crippen molar-refractivity contribution in [2.45, 2.75) is 52.1 Å². The molecule has 0 radical (unpaired) electrons. The molecule has 0 spiro atoms. The van der Waals surface area contributed by atoms with Crippen molar-refractivity contribution in [3.8, 4) is 0 Å². The Labute approximate surface area is 105 Å². The molecule has 4 heteroatoms. The van der Waals surface area contributed by atoms with Crippen molar-refractivity contribution in [3.63, 3.8) is 0 Å². The van der Waals surface area contributed by atoms with Crippen LogP contribution in [0.3, 0.4) is 0 Å². The Bertz CT molecular complexity index is 233. The molecule has 1 heterocycles. The second-order valence-corrected chi connectivity index (χ2v) is 4.93. The van der Waals surface area contributed by atoms with E-state index in [2.05, 4.69) is 29.4 Å². The first-order valence-electron chi connectivity index (χ1n) is 6.91. The van der Waals surface area contributed by atoms with Crippen molar-refractivity contribution in [1.29, 1.82) is 0 Å². The molecule has 0 bridgehead atoms. The van der Waals surface area contributed by atoms with E-state index in [1.54, 1.807) is 0 Å². The number of likely N-dealkylation sites (N-methyl/N-ethyl adjacent to an activating group) is 1. The largest absolute Gasteiger partial charge is 0.353 e. The summed E-state index contributed by atoms with van der Waals surface area (Å²) in [6.07, 6.45) is 3.53. The Balaban J connectivity index is 2.12. The molecule has 2 atom stereocenters. The van der Waals surface area contributed by atoms with Gasteiger partial charge in [0.1, 0.15) is 0 Å². The van der Waals surface area contributed by atoms with E-state index in [0.717, 1.165) is 19.5 Å². The number of nitrogens with zero attached hydrogens (tertiary/aromatic N) is 1. The van der Waals surface area contributed by atoms with Gasteiger partial charge in [0.05, 0.1) is 6.54 Å². The number of rotatable bonds is 7. The van der Waals surface area contributed by atoms with Crippen LogP contribution < -0.4 is 10.6 Å². The summed E-state index contributed by atoms with van der Waals surface area (Å²) in [6.45, 7) is 10.0. The maximum atomic E-state index is 11.5. The minimum absolute atomic E-state index is 0.111. The van der Waals surface area contributed by atoms with Crippen LogP contribution in [-0.2, 0) is 4.79 Å². The van der Waals surface area contributed by atoms with E-state index >= 15 is 0 Å². The van der Waals surface area contributed by atoms with Gasteiger partial charge >= 0.3 is 0 Å². The monoisotopic (exact) mass is 241 g/mol. The Morgan fingerprint density at radius 1 is 1.47 bits per heavy atom. The highest BCUT2D eigenvalue weighted by Gasteiger charge is 2.22. The van der Waals surface area contributed by atoms with Gasteiger partial charge in [0.15, 0.2) is 0 Å². The van der Waals surface area contributed by atoms with Crippen molar-refractivity contribution in [1.82, 2.24) is 15.5 Å². The maximum absolute atomic E-state index is 11.5. The lowest BCUT2D eigenvalue weighted by Gasteiger charge is -2.23. The van der Waals surface area contributed by atoms with E-state index < -0.39 is 0 Å². The van der Waals surface area contributed by atoms with Gasteiger partial charge in [-0.15, -0.1) is 0 Å². The Morgan fingerprint density at radius 2 is 2.24 bits per heavy atom. The fourth-order valence-corrected chi connectivity index (χ4v) is 2.32. The van der Waals surface area contributed by atoms with Gasteiger partial charge in [-0.2, -0.15) is 0 Å². The Morgan fingerprint density at radius 3 is 2.88 bits per heavy atom. The molecule has 2 unspecified atom stereocenters. The second-order valence-electron chi connectivity index (χ2n) is 4.93. The fourth-order valence-electron chi connectivity index (χ4n) is 2.32. The zero-order valence-electron chi connectivity index (χ0n) is 11.5. The van der Waals surface area contributed by atoms with E-state index in [1.165, 1.54) is 19.4 Å². The minimum Gasteiger partial charge on any atom is -0.353 e. The van der Waals surface area contributed by atoms with E-state index in [4.69, 9.17) is 0 Å². The minimum atomic E-state index is 0.111. The number of nitrogens with one attached hydrogen (secondary N) is 2. The zero-order valence-corrected chi connectivity index (χ0v) is 11.5. The maximum Gasteiger partial charge on any atom is 0.234 e. The number of hydrogen-bond donors (Lipinski definition) is 2. The van der Waals surface area contributed by atoms with E-state index in [0.29, 0.717) is 12.6 Å². The topological polar surface area (TPSA) is 44.4 Å². The summed E-state index contributed by atoms with van der Waals surface area (Å²) in [5, 5.41) is 6.23. The summed E-state index contributed by atoms with van der Waals surface area (Å²) >= 11 is 0. The second kappa shape index (κ2) is 7.67. The highest BCUT2D eigenvalue weighted by molar-refractivity contribution is 5.78. The van der Waals surface area contributed by atoms with Crippen molar-refractivity contribution in [2.75, 3.05) is 26.2 Å². The molecule has 0 aromatic heterocycles. The number of amides is 1. The lowest BCUT2D eigenvalue weighted by Crippen LogP contribution is -2.43. The van der Waals surface area contributed by atoms with Crippen LogP contribution in [-0.4, -0.2) is 49.1 Å². The van der Waals surface area contributed by atoms with Crippen LogP contribution in [0.25, 0.3) is 0 Å². The molecule has 0 aliphatic carbocycles. The molecule has 1 rings (SSSR count). The SMILES string of the molecule is CCC(C)NC(=O)CNCC1CCCN1CC. The molecule has 1 saturated heterocycles. The zero-order chi connectivity index (χ0) is 12.7. The van der Waals surface area contributed by atoms with Gasteiger partial charge < -0.3 is 10.6 Å². The smallest absolute Gasteiger partial charge is 0.234 e. The molecule has 1 amide bonds. The lowest BCUT2D eigenvalue weighted by molar-refractivity contribution is -0.120. The van der Waals surface area contributed by atoms with Gasteiger partial charge in [-0.3, -0.25) is 9.69 Å². The summed E-state index contributed by atoms with van der Waals surface area (Å²) in [5.74, 6) is 0.111. The summed E-state index contributed by atoms with van der Waals surface area (Å²) in [4.78, 5) is 14.0. The third kappa shape index (κ3) is 5.04. The van der Waals surface area contributed by atoms with Gasteiger partial charge in [0.25, 0.3) is 0 Å². The van der Waals surface area contributed by atoms with Gasteiger partial charge in [0, 0.05) is 18.6 Å². The number of hydrogen-bond acceptors (Lipinski definition) is 3. The Hall–Kier alpha value is -0.610. The van der Waals surface area contributed by atoms with E-state index in [-0.39, 0.29) is 11.9 Å². The number of carbonyl (C=O) groups is 1. The lowest BCUT2D eigenvalue weighted by atomic mass is 10.2. The first-order chi connectivity index (χ1) is 8.17. The summed E-state index contributed by atoms with van der Waals surface area (Å²) in [7, 11) is 0. The summed E-state index contributed by atoms with van der Waals surface area (Å²) in [5.41, 5.74) is 0. The number of carbonyl (C=O) groups excluding carboxylic acids is 1. The van der Waals surface area contributed by atoms with Gasteiger partial charge in [-0.1, -0.05) is 13.8 Å². The van der Waals surface area contributed by atoms with Crippen LogP contribution in [0.5, 0.6) is 0 Å². The van der Waals surface area contributed by atoms with Crippen molar-refractivity contribution < 1.29 is 4.79 Å². The highest BCUT2D eigenvalue weighted by Crippen LogP contribution is 2.15. The summed E-state index contributed by atoms with van der Waals surface area (Å²) in [6, 6.07) is 0.902. The molecular weight excluding hydrogens is 214 g/mol. The van der Waals surface area contributed by atoms with Crippen LogP contribution in [0.1, 0.15) is 40.0 Å². The van der Waals surface area contributed by atoms with E-state index in [9.17, 15) is 4.79 Å². The van der Waals surface area contributed by atoms with Gasteiger partial charge in [-0.25, -0.2) is 0 Å². The van der Waals surface area contributed by atoms with Crippen LogP contribution >= 0.6 is 0 Å². The molecule has 0 aromatic rings. The molecule has 2 N–H and O–H groups in total. The third-order valence-electron chi connectivity index (χ3n) is 3.59. The average Bonchev–Trinajstić information content (AvgIpc) is 2.76. The molecule has 0 aromatic carbocycles. The van der Waals surface area contributed by atoms with Gasteiger partial charge in [-0.05, 0) is 39.3 Å². The summed E-state index contributed by atoms with van der Waals surface area (Å²) < 4.78 is 0. The number of likely N-dealkylation sites (tertiary alicyclic amines) is 1. The molecule has 0 saturated carbocycles. The molecule has 1 fully saturated rings. The first-order valence-corrected chi connectivity index (χ1v) is 6.91. The molecular formula is C13H27N3O. The normalized spacial score (nSPS) is 22.6. The van der Waals surface area contributed by atoms with Crippen LogP contribution in [0.2, 0.25) is 0 Å². The van der Waals surface area contributed by atoms with Crippen LogP contribution in [0.15, 0.2) is 0 Å².